The minimum atomic E-state index is -0.0421. The number of rotatable bonds is 5. The van der Waals surface area contributed by atoms with Crippen molar-refractivity contribution in [3.63, 3.8) is 0 Å². The first-order valence-electron chi connectivity index (χ1n) is 5.66. The van der Waals surface area contributed by atoms with Crippen LogP contribution in [0.25, 0.3) is 0 Å². The van der Waals surface area contributed by atoms with Crippen LogP contribution in [-0.4, -0.2) is 21.5 Å². The van der Waals surface area contributed by atoms with E-state index >= 15 is 0 Å². The van der Waals surface area contributed by atoms with Crippen molar-refractivity contribution >= 4 is 23.0 Å². The highest BCUT2D eigenvalue weighted by Gasteiger charge is 2.06. The van der Waals surface area contributed by atoms with Gasteiger partial charge in [0.1, 0.15) is 18.0 Å². The molecule has 96 valence electrons. The molecule has 0 saturated heterocycles. The predicted molar refractivity (Wildman–Crippen MR) is 73.2 cm³/mol. The third-order valence-corrected chi connectivity index (χ3v) is 3.16. The molecule has 2 aromatic heterocycles. The Bertz CT molecular complexity index is 577. The number of thiazole rings is 1. The molecule has 0 spiro atoms. The van der Waals surface area contributed by atoms with Gasteiger partial charge in [-0.1, -0.05) is 11.3 Å². The van der Waals surface area contributed by atoms with E-state index in [-0.39, 0.29) is 4.87 Å². The van der Waals surface area contributed by atoms with Crippen molar-refractivity contribution in [2.45, 2.75) is 20.4 Å². The Labute approximate surface area is 109 Å². The van der Waals surface area contributed by atoms with Gasteiger partial charge in [0.05, 0.1) is 6.54 Å². The molecule has 0 aromatic carbocycles. The maximum Gasteiger partial charge on any atom is 0.304 e. The van der Waals surface area contributed by atoms with Crippen molar-refractivity contribution in [1.82, 2.24) is 15.0 Å². The summed E-state index contributed by atoms with van der Waals surface area (Å²) >= 11 is 1.16. The van der Waals surface area contributed by atoms with Crippen LogP contribution in [0.5, 0.6) is 0 Å². The van der Waals surface area contributed by atoms with Gasteiger partial charge in [0.15, 0.2) is 0 Å². The highest BCUT2D eigenvalue weighted by molar-refractivity contribution is 7.07. The fourth-order valence-electron chi connectivity index (χ4n) is 1.55. The summed E-state index contributed by atoms with van der Waals surface area (Å²) in [4.78, 5) is 22.1. The molecule has 0 amide bonds. The molecule has 6 nitrogen and oxygen atoms in total. The number of hydrogen-bond donors (Lipinski definition) is 3. The second-order valence-corrected chi connectivity index (χ2v) is 4.60. The number of H-pyrrole nitrogens is 1. The first-order chi connectivity index (χ1) is 8.70. The van der Waals surface area contributed by atoms with Gasteiger partial charge in [-0.25, -0.2) is 9.97 Å². The van der Waals surface area contributed by atoms with E-state index in [2.05, 4.69) is 25.6 Å². The van der Waals surface area contributed by atoms with Crippen molar-refractivity contribution in [2.24, 2.45) is 0 Å². The lowest BCUT2D eigenvalue weighted by atomic mass is 10.3. The van der Waals surface area contributed by atoms with Gasteiger partial charge in [-0.2, -0.15) is 0 Å². The van der Waals surface area contributed by atoms with E-state index in [9.17, 15) is 4.79 Å². The molecule has 0 fully saturated rings. The summed E-state index contributed by atoms with van der Waals surface area (Å²) in [6.45, 7) is 5.33. The first kappa shape index (κ1) is 12.6. The molecule has 0 radical (unpaired) electrons. The van der Waals surface area contributed by atoms with Crippen LogP contribution in [-0.2, 0) is 6.54 Å². The molecule has 2 aromatic rings. The topological polar surface area (TPSA) is 82.7 Å². The van der Waals surface area contributed by atoms with Crippen molar-refractivity contribution < 1.29 is 0 Å². The van der Waals surface area contributed by atoms with E-state index in [1.54, 1.807) is 5.38 Å². The molecule has 7 heteroatoms. The molecular formula is C11H15N5OS. The van der Waals surface area contributed by atoms with Gasteiger partial charge >= 0.3 is 4.87 Å². The van der Waals surface area contributed by atoms with Gasteiger partial charge in [-0.3, -0.25) is 4.79 Å². The Morgan fingerprint density at radius 1 is 1.33 bits per heavy atom. The first-order valence-corrected chi connectivity index (χ1v) is 6.54. The monoisotopic (exact) mass is 265 g/mol. The van der Waals surface area contributed by atoms with Crippen LogP contribution in [0.1, 0.15) is 18.2 Å². The molecule has 0 aliphatic carbocycles. The Hall–Kier alpha value is -1.89. The number of aromatic amines is 1. The Morgan fingerprint density at radius 2 is 2.06 bits per heavy atom. The number of nitrogens with one attached hydrogen (secondary N) is 3. The molecule has 3 N–H and O–H groups in total. The average molecular weight is 265 g/mol. The third-order valence-electron chi connectivity index (χ3n) is 2.45. The van der Waals surface area contributed by atoms with E-state index in [0.29, 0.717) is 6.54 Å². The van der Waals surface area contributed by atoms with Crippen LogP contribution in [0.2, 0.25) is 0 Å². The van der Waals surface area contributed by atoms with E-state index < -0.39 is 0 Å². The maximum atomic E-state index is 11.0. The highest BCUT2D eigenvalue weighted by Crippen LogP contribution is 2.18. The smallest absolute Gasteiger partial charge is 0.304 e. The summed E-state index contributed by atoms with van der Waals surface area (Å²) in [6, 6.07) is 0. The highest BCUT2D eigenvalue weighted by atomic mass is 32.1. The zero-order chi connectivity index (χ0) is 13.0. The fraction of sp³-hybridized carbons (Fsp3) is 0.364. The van der Waals surface area contributed by atoms with Gasteiger partial charge in [0, 0.05) is 23.2 Å². The van der Waals surface area contributed by atoms with Crippen molar-refractivity contribution in [3.05, 3.63) is 32.6 Å². The quantitative estimate of drug-likeness (QED) is 0.764. The Morgan fingerprint density at radius 3 is 2.67 bits per heavy atom. The molecule has 2 heterocycles. The molecule has 0 aliphatic heterocycles. The summed E-state index contributed by atoms with van der Waals surface area (Å²) < 4.78 is 0. The fourth-order valence-corrected chi connectivity index (χ4v) is 2.14. The SMILES string of the molecule is CCNc1ncnc(NCc2csc(=O)[nH]2)c1C. The van der Waals surface area contributed by atoms with Gasteiger partial charge in [-0.05, 0) is 13.8 Å². The second-order valence-electron chi connectivity index (χ2n) is 3.75. The molecule has 2 rings (SSSR count). The lowest BCUT2D eigenvalue weighted by Crippen LogP contribution is -2.08. The van der Waals surface area contributed by atoms with Crippen LogP contribution in [0.15, 0.2) is 16.5 Å². The van der Waals surface area contributed by atoms with Crippen LogP contribution < -0.4 is 15.5 Å². The normalized spacial score (nSPS) is 10.3. The number of hydrogen-bond acceptors (Lipinski definition) is 6. The summed E-state index contributed by atoms with van der Waals surface area (Å²) in [6.07, 6.45) is 1.52. The molecule has 0 atom stereocenters. The van der Waals surface area contributed by atoms with Crippen LogP contribution in [0.4, 0.5) is 11.6 Å². The van der Waals surface area contributed by atoms with Gasteiger partial charge in [0.2, 0.25) is 0 Å². The average Bonchev–Trinajstić information content (AvgIpc) is 2.77. The summed E-state index contributed by atoms with van der Waals surface area (Å²) in [5.41, 5.74) is 1.82. The van der Waals surface area contributed by atoms with Crippen LogP contribution in [0, 0.1) is 6.92 Å². The maximum absolute atomic E-state index is 11.0. The van der Waals surface area contributed by atoms with E-state index in [1.165, 1.54) is 6.33 Å². The minimum absolute atomic E-state index is 0.0421. The predicted octanol–water partition coefficient (Wildman–Crippen LogP) is 1.58. The van der Waals surface area contributed by atoms with Gasteiger partial charge in [0.25, 0.3) is 0 Å². The van der Waals surface area contributed by atoms with E-state index in [1.807, 2.05) is 13.8 Å². The zero-order valence-electron chi connectivity index (χ0n) is 10.3. The molecule has 0 aliphatic rings. The Kier molecular flexibility index (Phi) is 3.93. The van der Waals surface area contributed by atoms with Gasteiger partial charge in [-0.15, -0.1) is 0 Å². The van der Waals surface area contributed by atoms with E-state index in [0.717, 1.165) is 40.8 Å². The zero-order valence-corrected chi connectivity index (χ0v) is 11.1. The lowest BCUT2D eigenvalue weighted by molar-refractivity contribution is 1.01. The summed E-state index contributed by atoms with van der Waals surface area (Å²) in [5.74, 6) is 1.60. The second kappa shape index (κ2) is 5.63. The number of nitrogens with zero attached hydrogens (tertiary/aromatic N) is 2. The molecule has 0 saturated carbocycles. The van der Waals surface area contributed by atoms with Crippen LogP contribution >= 0.6 is 11.3 Å². The molecule has 0 unspecified atom stereocenters. The summed E-state index contributed by atoms with van der Waals surface area (Å²) in [7, 11) is 0. The lowest BCUT2D eigenvalue weighted by Gasteiger charge is -2.11. The van der Waals surface area contributed by atoms with Crippen LogP contribution in [0.3, 0.4) is 0 Å². The summed E-state index contributed by atoms with van der Waals surface area (Å²) in [5, 5.41) is 8.16. The Balaban J connectivity index is 2.09. The molecule has 18 heavy (non-hydrogen) atoms. The largest absolute Gasteiger partial charge is 0.370 e. The van der Waals surface area contributed by atoms with Crippen molar-refractivity contribution in [3.8, 4) is 0 Å². The molecule has 0 bridgehead atoms. The van der Waals surface area contributed by atoms with E-state index in [4.69, 9.17) is 0 Å². The van der Waals surface area contributed by atoms with Crippen molar-refractivity contribution in [2.75, 3.05) is 17.2 Å². The number of anilines is 2. The third kappa shape index (κ3) is 2.86. The minimum Gasteiger partial charge on any atom is -0.370 e. The number of aromatic nitrogens is 3. The van der Waals surface area contributed by atoms with Crippen molar-refractivity contribution in [1.29, 1.82) is 0 Å². The molecular weight excluding hydrogens is 250 g/mol. The van der Waals surface area contributed by atoms with Gasteiger partial charge < -0.3 is 15.6 Å². The standard InChI is InChI=1S/C11H15N5OS/c1-3-12-9-7(2)10(15-6-14-9)13-4-8-5-18-11(17)16-8/h5-6H,3-4H2,1-2H3,(H,16,17)(H2,12,13,14,15).